The van der Waals surface area contributed by atoms with E-state index in [2.05, 4.69) is 36.4 Å². The lowest BCUT2D eigenvalue weighted by Crippen LogP contribution is -2.46. The summed E-state index contributed by atoms with van der Waals surface area (Å²) in [5.41, 5.74) is 4.93. The molecule has 1 aromatic heterocycles. The van der Waals surface area contributed by atoms with E-state index in [9.17, 15) is 9.59 Å². The van der Waals surface area contributed by atoms with Crippen molar-refractivity contribution >= 4 is 11.8 Å². The summed E-state index contributed by atoms with van der Waals surface area (Å²) in [5.74, 6) is 0.107. The molecule has 0 aliphatic carbocycles. The number of carbonyl (C=O) groups excluding carboxylic acids is 2. The second kappa shape index (κ2) is 10.5. The number of aryl methyl sites for hydroxylation is 2. The quantitative estimate of drug-likeness (QED) is 0.597. The molecule has 172 valence electrons. The molecule has 0 atom stereocenters. The summed E-state index contributed by atoms with van der Waals surface area (Å²) in [4.78, 5) is 27.5. The number of benzene rings is 2. The van der Waals surface area contributed by atoms with Crippen LogP contribution in [0.3, 0.4) is 0 Å². The van der Waals surface area contributed by atoms with Gasteiger partial charge in [-0.25, -0.2) is 4.68 Å². The molecule has 2 aromatic carbocycles. The second-order valence-electron chi connectivity index (χ2n) is 8.73. The summed E-state index contributed by atoms with van der Waals surface area (Å²) in [6, 6.07) is 18.3. The van der Waals surface area contributed by atoms with E-state index in [-0.39, 0.29) is 17.9 Å². The number of aromatic nitrogens is 2. The molecule has 1 saturated heterocycles. The van der Waals surface area contributed by atoms with E-state index in [1.807, 2.05) is 52.0 Å². The fourth-order valence-corrected chi connectivity index (χ4v) is 4.40. The smallest absolute Gasteiger partial charge is 0.257 e. The van der Waals surface area contributed by atoms with Crippen LogP contribution < -0.4 is 5.32 Å². The maximum Gasteiger partial charge on any atom is 0.257 e. The van der Waals surface area contributed by atoms with Crippen LogP contribution in [-0.2, 0) is 17.6 Å². The molecule has 0 saturated carbocycles. The molecule has 0 bridgehead atoms. The highest BCUT2D eigenvalue weighted by Gasteiger charge is 2.27. The Bertz CT molecular complexity index is 1080. The monoisotopic (exact) mass is 444 g/mol. The minimum atomic E-state index is 0.0269. The number of carbonyl (C=O) groups is 2. The third-order valence-corrected chi connectivity index (χ3v) is 6.34. The molecule has 6 nitrogen and oxygen atoms in total. The van der Waals surface area contributed by atoms with Crippen LogP contribution in [0.1, 0.15) is 53.4 Å². The zero-order valence-corrected chi connectivity index (χ0v) is 19.5. The maximum absolute atomic E-state index is 13.3. The number of amides is 2. The number of piperidine rings is 1. The highest BCUT2D eigenvalue weighted by Crippen LogP contribution is 2.20. The van der Waals surface area contributed by atoms with Crippen LogP contribution in [0.2, 0.25) is 0 Å². The molecule has 2 heterocycles. The Balaban J connectivity index is 1.32. The van der Waals surface area contributed by atoms with Crippen LogP contribution in [0, 0.1) is 6.92 Å². The third kappa shape index (κ3) is 5.51. The van der Waals surface area contributed by atoms with Crippen LogP contribution >= 0.6 is 0 Å². The average molecular weight is 445 g/mol. The number of hydrogen-bond acceptors (Lipinski definition) is 3. The van der Waals surface area contributed by atoms with Gasteiger partial charge in [-0.2, -0.15) is 5.10 Å². The van der Waals surface area contributed by atoms with Gasteiger partial charge in [0.2, 0.25) is 5.91 Å². The Morgan fingerprint density at radius 2 is 1.73 bits per heavy atom. The predicted molar refractivity (Wildman–Crippen MR) is 130 cm³/mol. The van der Waals surface area contributed by atoms with Gasteiger partial charge in [-0.3, -0.25) is 9.59 Å². The van der Waals surface area contributed by atoms with Crippen LogP contribution in [0.4, 0.5) is 0 Å². The Morgan fingerprint density at radius 3 is 2.39 bits per heavy atom. The molecular formula is C27H32N4O2. The van der Waals surface area contributed by atoms with E-state index in [4.69, 9.17) is 0 Å². The second-order valence-corrected chi connectivity index (χ2v) is 8.73. The molecule has 1 aliphatic rings. The van der Waals surface area contributed by atoms with Crippen LogP contribution in [-0.4, -0.2) is 45.6 Å². The van der Waals surface area contributed by atoms with E-state index in [0.717, 1.165) is 37.1 Å². The average Bonchev–Trinajstić information content (AvgIpc) is 3.28. The largest absolute Gasteiger partial charge is 0.353 e. The molecule has 6 heteroatoms. The van der Waals surface area contributed by atoms with Gasteiger partial charge in [0.25, 0.3) is 5.91 Å². The summed E-state index contributed by atoms with van der Waals surface area (Å²) in [7, 11) is 0. The van der Waals surface area contributed by atoms with Crippen LogP contribution in [0.15, 0.2) is 60.8 Å². The van der Waals surface area contributed by atoms with Crippen molar-refractivity contribution in [1.29, 1.82) is 0 Å². The first kappa shape index (κ1) is 22.8. The fraction of sp³-hybridized carbons (Fsp3) is 0.370. The molecule has 1 aliphatic heterocycles. The molecule has 0 spiro atoms. The molecule has 4 rings (SSSR count). The topological polar surface area (TPSA) is 67.2 Å². The van der Waals surface area contributed by atoms with Crippen molar-refractivity contribution < 1.29 is 9.59 Å². The first-order chi connectivity index (χ1) is 16.0. The fourth-order valence-electron chi connectivity index (χ4n) is 4.40. The first-order valence-electron chi connectivity index (χ1n) is 11.8. The zero-order chi connectivity index (χ0) is 23.2. The van der Waals surface area contributed by atoms with Gasteiger partial charge >= 0.3 is 0 Å². The number of hydrogen-bond donors (Lipinski definition) is 1. The summed E-state index contributed by atoms with van der Waals surface area (Å²) < 4.78 is 1.87. The third-order valence-electron chi connectivity index (χ3n) is 6.34. The van der Waals surface area contributed by atoms with Gasteiger partial charge in [-0.05, 0) is 50.3 Å². The molecule has 0 radical (unpaired) electrons. The van der Waals surface area contributed by atoms with Crippen molar-refractivity contribution in [3.05, 3.63) is 83.2 Å². The van der Waals surface area contributed by atoms with Crippen molar-refractivity contribution in [2.75, 3.05) is 13.1 Å². The highest BCUT2D eigenvalue weighted by molar-refractivity contribution is 5.95. The Hall–Kier alpha value is -3.41. The Kier molecular flexibility index (Phi) is 7.23. The van der Waals surface area contributed by atoms with E-state index < -0.39 is 0 Å². The number of likely N-dealkylation sites (tertiary alicyclic amines) is 1. The standard InChI is InChI=1S/C27H32N4O2/c1-3-25-24(19-28-31(25)23-12-9-20(2)10-13-23)27(33)30-17-15-22(16-18-30)29-26(32)14-11-21-7-5-4-6-8-21/h4-10,12-13,19,22H,3,11,14-18H2,1-2H3,(H,29,32). The van der Waals surface area contributed by atoms with Gasteiger partial charge in [-0.15, -0.1) is 0 Å². The highest BCUT2D eigenvalue weighted by atomic mass is 16.2. The van der Waals surface area contributed by atoms with Crippen LogP contribution in [0.5, 0.6) is 0 Å². The molecule has 3 aromatic rings. The molecular weight excluding hydrogens is 412 g/mol. The number of nitrogens with zero attached hydrogens (tertiary/aromatic N) is 3. The van der Waals surface area contributed by atoms with Gasteiger partial charge in [-0.1, -0.05) is 55.0 Å². The summed E-state index contributed by atoms with van der Waals surface area (Å²) in [6.07, 6.45) is 5.20. The SMILES string of the molecule is CCc1c(C(=O)N2CCC(NC(=O)CCc3ccccc3)CC2)cnn1-c1ccc(C)cc1. The minimum Gasteiger partial charge on any atom is -0.353 e. The van der Waals surface area contributed by atoms with E-state index in [1.54, 1.807) is 6.20 Å². The predicted octanol–water partition coefficient (Wildman–Crippen LogP) is 4.10. The summed E-state index contributed by atoms with van der Waals surface area (Å²) in [5, 5.41) is 7.66. The zero-order valence-electron chi connectivity index (χ0n) is 19.5. The van der Waals surface area contributed by atoms with E-state index in [1.165, 1.54) is 11.1 Å². The van der Waals surface area contributed by atoms with Gasteiger partial charge in [0, 0.05) is 25.6 Å². The maximum atomic E-state index is 13.3. The van der Waals surface area contributed by atoms with E-state index >= 15 is 0 Å². The number of rotatable bonds is 7. The van der Waals surface area contributed by atoms with E-state index in [0.29, 0.717) is 25.1 Å². The first-order valence-corrected chi connectivity index (χ1v) is 11.8. The molecule has 2 amide bonds. The Labute approximate surface area is 195 Å². The van der Waals surface area contributed by atoms with Crippen molar-refractivity contribution in [3.8, 4) is 5.69 Å². The summed E-state index contributed by atoms with van der Waals surface area (Å²) >= 11 is 0. The van der Waals surface area contributed by atoms with Gasteiger partial charge in [0.15, 0.2) is 0 Å². The van der Waals surface area contributed by atoms with Crippen molar-refractivity contribution in [3.63, 3.8) is 0 Å². The van der Waals surface area contributed by atoms with Gasteiger partial charge < -0.3 is 10.2 Å². The lowest BCUT2D eigenvalue weighted by Gasteiger charge is -2.32. The molecule has 33 heavy (non-hydrogen) atoms. The number of nitrogens with one attached hydrogen (secondary N) is 1. The van der Waals surface area contributed by atoms with Crippen LogP contribution in [0.25, 0.3) is 5.69 Å². The Morgan fingerprint density at radius 1 is 1.03 bits per heavy atom. The lowest BCUT2D eigenvalue weighted by molar-refractivity contribution is -0.122. The minimum absolute atomic E-state index is 0.0269. The molecule has 1 fully saturated rings. The van der Waals surface area contributed by atoms with Crippen molar-refractivity contribution in [1.82, 2.24) is 20.0 Å². The molecule has 0 unspecified atom stereocenters. The van der Waals surface area contributed by atoms with Gasteiger partial charge in [0.1, 0.15) is 0 Å². The van der Waals surface area contributed by atoms with Crippen molar-refractivity contribution in [2.24, 2.45) is 0 Å². The lowest BCUT2D eigenvalue weighted by atomic mass is 10.0. The molecule has 1 N–H and O–H groups in total. The summed E-state index contributed by atoms with van der Waals surface area (Å²) in [6.45, 7) is 5.39. The normalized spacial score (nSPS) is 14.3. The van der Waals surface area contributed by atoms with Gasteiger partial charge in [0.05, 0.1) is 23.1 Å². The van der Waals surface area contributed by atoms with Crippen molar-refractivity contribution in [2.45, 2.75) is 52.0 Å².